The average molecular weight is 308 g/mol. The fourth-order valence-corrected chi connectivity index (χ4v) is 3.74. The van der Waals surface area contributed by atoms with E-state index in [4.69, 9.17) is 0 Å². The highest BCUT2D eigenvalue weighted by molar-refractivity contribution is 8.03. The number of hydrogen-bond donors (Lipinski definition) is 1. The van der Waals surface area contributed by atoms with Crippen LogP contribution in [0, 0.1) is 0 Å². The Balaban J connectivity index is 1.66. The summed E-state index contributed by atoms with van der Waals surface area (Å²) in [6, 6.07) is 7.69. The molecule has 0 radical (unpaired) electrons. The molecule has 7 nitrogen and oxygen atoms in total. The number of nitrogens with zero attached hydrogens (tertiary/aromatic N) is 5. The third-order valence-corrected chi connectivity index (χ3v) is 4.72. The molecule has 0 spiro atoms. The Kier molecular flexibility index (Phi) is 2.23. The summed E-state index contributed by atoms with van der Waals surface area (Å²) in [5.74, 6) is 0.973. The van der Waals surface area contributed by atoms with Crippen LogP contribution in [0.2, 0.25) is 0 Å². The van der Waals surface area contributed by atoms with Crippen LogP contribution in [-0.4, -0.2) is 30.6 Å². The number of benzene rings is 1. The van der Waals surface area contributed by atoms with E-state index < -0.39 is 0 Å². The van der Waals surface area contributed by atoms with Crippen molar-refractivity contribution in [1.82, 2.24) is 24.7 Å². The van der Waals surface area contributed by atoms with Crippen molar-refractivity contribution in [2.45, 2.75) is 11.7 Å². The Morgan fingerprint density at radius 1 is 1.18 bits per heavy atom. The van der Waals surface area contributed by atoms with Crippen LogP contribution in [0.15, 0.2) is 40.7 Å². The molecule has 0 saturated carbocycles. The molecule has 1 N–H and O–H groups in total. The molecule has 0 atom stereocenters. The summed E-state index contributed by atoms with van der Waals surface area (Å²) in [4.78, 5) is 25.8. The van der Waals surface area contributed by atoms with Crippen LogP contribution in [0.5, 0.6) is 0 Å². The van der Waals surface area contributed by atoms with Gasteiger partial charge in [-0.1, -0.05) is 30.0 Å². The number of para-hydroxylation sites is 1. The van der Waals surface area contributed by atoms with E-state index in [9.17, 15) is 4.79 Å². The minimum absolute atomic E-state index is 0.0765. The van der Waals surface area contributed by atoms with Crippen LogP contribution in [0.3, 0.4) is 0 Å². The number of amides is 1. The van der Waals surface area contributed by atoms with Crippen molar-refractivity contribution < 1.29 is 4.79 Å². The molecule has 0 saturated heterocycles. The van der Waals surface area contributed by atoms with Gasteiger partial charge in [0.2, 0.25) is 11.6 Å². The molecule has 0 bridgehead atoms. The lowest BCUT2D eigenvalue weighted by Crippen LogP contribution is -2.08. The molecule has 8 heteroatoms. The number of allylic oxidation sites excluding steroid dienone is 1. The zero-order chi connectivity index (χ0) is 14.7. The predicted octanol–water partition coefficient (Wildman–Crippen LogP) is 1.64. The van der Waals surface area contributed by atoms with Gasteiger partial charge >= 0.3 is 0 Å². The third kappa shape index (κ3) is 1.55. The highest BCUT2D eigenvalue weighted by Crippen LogP contribution is 2.43. The van der Waals surface area contributed by atoms with Gasteiger partial charge in [0.05, 0.1) is 12.1 Å². The molecule has 0 unspecified atom stereocenters. The molecule has 1 amide bonds. The lowest BCUT2D eigenvalue weighted by atomic mass is 10.1. The molecule has 106 valence electrons. The molecule has 0 aromatic heterocycles. The minimum atomic E-state index is -0.0765. The van der Waals surface area contributed by atoms with Gasteiger partial charge in [0, 0.05) is 16.2 Å². The first-order valence-corrected chi connectivity index (χ1v) is 7.48. The van der Waals surface area contributed by atoms with Gasteiger partial charge < -0.3 is 5.32 Å². The van der Waals surface area contributed by atoms with Gasteiger partial charge in [-0.3, -0.25) is 4.79 Å². The van der Waals surface area contributed by atoms with Gasteiger partial charge in [-0.05, 0) is 6.07 Å². The standard InChI is InChI=1S/C14H8N6OS/c21-13-10(7-3-1-2-4-8(7)17-13)9-5-20-14(22-9)18-11-12(19-20)16-6-15-11/h1-4,6H,5H2,(H,17,21). The molecule has 1 aromatic rings. The number of thioether (sulfide) groups is 1. The molecule has 5 rings (SSSR count). The molecule has 4 heterocycles. The second-order valence-corrected chi connectivity index (χ2v) is 6.03. The quantitative estimate of drug-likeness (QED) is 0.635. The van der Waals surface area contributed by atoms with Crippen LogP contribution in [0.4, 0.5) is 5.69 Å². The summed E-state index contributed by atoms with van der Waals surface area (Å²) in [5.41, 5.74) is 2.48. The van der Waals surface area contributed by atoms with Crippen molar-refractivity contribution in [2.24, 2.45) is 0 Å². The van der Waals surface area contributed by atoms with E-state index in [0.29, 0.717) is 23.8 Å². The number of rotatable bonds is 0. The van der Waals surface area contributed by atoms with Gasteiger partial charge in [-0.25, -0.2) is 14.6 Å². The zero-order valence-corrected chi connectivity index (χ0v) is 12.0. The number of carbonyl (C=O) groups is 1. The third-order valence-electron chi connectivity index (χ3n) is 3.66. The number of fused-ring (bicyclic) bond motifs is 3. The average Bonchev–Trinajstić information content (AvgIpc) is 3.18. The Morgan fingerprint density at radius 2 is 2.05 bits per heavy atom. The van der Waals surface area contributed by atoms with Gasteiger partial charge in [-0.2, -0.15) is 4.98 Å². The van der Waals surface area contributed by atoms with E-state index in [-0.39, 0.29) is 5.91 Å². The van der Waals surface area contributed by atoms with Crippen molar-refractivity contribution in [1.29, 1.82) is 0 Å². The van der Waals surface area contributed by atoms with Crippen LogP contribution in [-0.2, 0) is 11.3 Å². The minimum Gasteiger partial charge on any atom is -0.321 e. The largest absolute Gasteiger partial charge is 0.321 e. The number of nitrogens with one attached hydrogen (secondary N) is 1. The first-order valence-electron chi connectivity index (χ1n) is 6.67. The Hall–Kier alpha value is -2.74. The number of carbonyl (C=O) groups excluding carboxylic acids is 1. The fourth-order valence-electron chi connectivity index (χ4n) is 2.69. The SMILES string of the molecule is O=C1Nc2ccccc2C1=C1Cn2nc3ncnc-3nc2S1. The first-order chi connectivity index (χ1) is 10.8. The highest BCUT2D eigenvalue weighted by atomic mass is 32.2. The topological polar surface area (TPSA) is 85.6 Å². The van der Waals surface area contributed by atoms with Gasteiger partial charge in [0.25, 0.3) is 5.91 Å². The number of imidazole rings is 1. The van der Waals surface area contributed by atoms with E-state index in [1.54, 1.807) is 4.68 Å². The zero-order valence-electron chi connectivity index (χ0n) is 11.1. The first kappa shape index (κ1) is 11.9. The van der Waals surface area contributed by atoms with E-state index in [1.807, 2.05) is 24.3 Å². The summed E-state index contributed by atoms with van der Waals surface area (Å²) < 4.78 is 1.76. The maximum absolute atomic E-state index is 12.3. The van der Waals surface area contributed by atoms with Gasteiger partial charge in [-0.15, -0.1) is 5.10 Å². The molecule has 4 aliphatic heterocycles. The lowest BCUT2D eigenvalue weighted by Gasteiger charge is -2.01. The molecule has 1 aromatic carbocycles. The highest BCUT2D eigenvalue weighted by Gasteiger charge is 2.32. The number of hydrogen-bond acceptors (Lipinski definition) is 6. The van der Waals surface area contributed by atoms with Crippen molar-refractivity contribution in [3.8, 4) is 11.6 Å². The second-order valence-electron chi connectivity index (χ2n) is 4.97. The second kappa shape index (κ2) is 4.14. The van der Waals surface area contributed by atoms with Crippen molar-refractivity contribution >= 4 is 28.9 Å². The maximum atomic E-state index is 12.3. The summed E-state index contributed by atoms with van der Waals surface area (Å²) >= 11 is 1.46. The van der Waals surface area contributed by atoms with Crippen LogP contribution in [0.25, 0.3) is 17.2 Å². The van der Waals surface area contributed by atoms with Crippen molar-refractivity contribution in [2.75, 3.05) is 5.32 Å². The van der Waals surface area contributed by atoms with E-state index in [0.717, 1.165) is 21.3 Å². The van der Waals surface area contributed by atoms with Crippen LogP contribution >= 0.6 is 11.8 Å². The Bertz CT molecular complexity index is 907. The number of anilines is 1. The van der Waals surface area contributed by atoms with Crippen LogP contribution in [0.1, 0.15) is 5.56 Å². The number of aromatic nitrogens is 5. The fraction of sp³-hybridized carbons (Fsp3) is 0.0714. The summed E-state index contributed by atoms with van der Waals surface area (Å²) in [5, 5.41) is 8.04. The van der Waals surface area contributed by atoms with Crippen molar-refractivity contribution in [3.05, 3.63) is 41.1 Å². The lowest BCUT2D eigenvalue weighted by molar-refractivity contribution is -0.110. The van der Waals surface area contributed by atoms with Gasteiger partial charge in [0.1, 0.15) is 6.33 Å². The predicted molar refractivity (Wildman–Crippen MR) is 80.1 cm³/mol. The molecule has 22 heavy (non-hydrogen) atoms. The monoisotopic (exact) mass is 308 g/mol. The van der Waals surface area contributed by atoms with Crippen LogP contribution < -0.4 is 5.32 Å². The molecular weight excluding hydrogens is 300 g/mol. The summed E-state index contributed by atoms with van der Waals surface area (Å²) in [6.07, 6.45) is 1.45. The Morgan fingerprint density at radius 3 is 3.00 bits per heavy atom. The summed E-state index contributed by atoms with van der Waals surface area (Å²) in [6.45, 7) is 0.521. The molecule has 0 fully saturated rings. The van der Waals surface area contributed by atoms with Crippen molar-refractivity contribution in [3.63, 3.8) is 0 Å². The Labute approximate surface area is 128 Å². The molecule has 4 aliphatic rings. The van der Waals surface area contributed by atoms with Gasteiger partial charge in [0.15, 0.2) is 5.16 Å². The van der Waals surface area contributed by atoms with E-state index in [1.165, 1.54) is 18.1 Å². The maximum Gasteiger partial charge on any atom is 0.257 e. The van der Waals surface area contributed by atoms with E-state index in [2.05, 4.69) is 25.4 Å². The molecular formula is C14H8N6OS. The van der Waals surface area contributed by atoms with E-state index >= 15 is 0 Å². The normalized spacial score (nSPS) is 19.4. The summed E-state index contributed by atoms with van der Waals surface area (Å²) in [7, 11) is 0. The smallest absolute Gasteiger partial charge is 0.257 e. The molecule has 0 aliphatic carbocycles.